The number of aliphatic imine (C=N–C) groups is 1. The fourth-order valence-electron chi connectivity index (χ4n) is 1.94. The second kappa shape index (κ2) is 9.17. The summed E-state index contributed by atoms with van der Waals surface area (Å²) in [6, 6.07) is 9.23. The zero-order chi connectivity index (χ0) is 17.4. The van der Waals surface area contributed by atoms with Crippen molar-refractivity contribution in [3.8, 4) is 5.75 Å². The molecule has 0 aliphatic rings. The van der Waals surface area contributed by atoms with Gasteiger partial charge in [0.15, 0.2) is 11.7 Å². The largest absolute Gasteiger partial charge is 0.492 e. The molecule has 0 aliphatic heterocycles. The summed E-state index contributed by atoms with van der Waals surface area (Å²) in [6.07, 6.45) is 0. The highest BCUT2D eigenvalue weighted by Crippen LogP contribution is 2.15. The van der Waals surface area contributed by atoms with Gasteiger partial charge in [-0.3, -0.25) is 4.99 Å². The molecule has 2 N–H and O–H groups in total. The van der Waals surface area contributed by atoms with E-state index in [1.54, 1.807) is 19.2 Å². The Morgan fingerprint density at radius 3 is 2.67 bits per heavy atom. The van der Waals surface area contributed by atoms with Gasteiger partial charge in [-0.05, 0) is 30.2 Å². The molecule has 0 radical (unpaired) electrons. The highest BCUT2D eigenvalue weighted by molar-refractivity contribution is 6.30. The van der Waals surface area contributed by atoms with Crippen LogP contribution in [0.5, 0.6) is 5.75 Å². The van der Waals surface area contributed by atoms with E-state index in [1.807, 2.05) is 18.2 Å². The summed E-state index contributed by atoms with van der Waals surface area (Å²) in [5.41, 5.74) is 0.950. The monoisotopic (exact) mass is 350 g/mol. The maximum Gasteiger partial charge on any atom is 0.191 e. The summed E-state index contributed by atoms with van der Waals surface area (Å²) >= 11 is 5.83. The van der Waals surface area contributed by atoms with Gasteiger partial charge in [0.25, 0.3) is 0 Å². The first kappa shape index (κ1) is 18.1. The van der Waals surface area contributed by atoms with E-state index >= 15 is 0 Å². The van der Waals surface area contributed by atoms with Crippen molar-refractivity contribution in [1.29, 1.82) is 0 Å². The van der Waals surface area contributed by atoms with Crippen molar-refractivity contribution in [2.45, 2.75) is 26.3 Å². The van der Waals surface area contributed by atoms with Gasteiger partial charge in [0, 0.05) is 18.1 Å². The smallest absolute Gasteiger partial charge is 0.191 e. The fourth-order valence-corrected chi connectivity index (χ4v) is 2.07. The summed E-state index contributed by atoms with van der Waals surface area (Å²) in [4.78, 5) is 4.16. The highest BCUT2D eigenvalue weighted by Gasteiger charge is 2.08. The number of hydrogen-bond donors (Lipinski definition) is 2. The molecule has 0 bridgehead atoms. The fraction of sp³-hybridized carbons (Fsp3) is 0.412. The molecule has 7 heteroatoms. The van der Waals surface area contributed by atoms with E-state index in [0.29, 0.717) is 36.6 Å². The molecule has 1 aromatic heterocycles. The average Bonchev–Trinajstić information content (AvgIpc) is 3.05. The van der Waals surface area contributed by atoms with Crippen molar-refractivity contribution < 1.29 is 9.26 Å². The average molecular weight is 351 g/mol. The van der Waals surface area contributed by atoms with Crippen LogP contribution in [0.1, 0.15) is 31.2 Å². The number of hydrogen-bond acceptors (Lipinski definition) is 4. The van der Waals surface area contributed by atoms with Crippen LogP contribution in [-0.2, 0) is 6.54 Å². The summed E-state index contributed by atoms with van der Waals surface area (Å²) in [7, 11) is 1.72. The van der Waals surface area contributed by atoms with E-state index < -0.39 is 0 Å². The lowest BCUT2D eigenvalue weighted by Gasteiger charge is -2.11. The lowest BCUT2D eigenvalue weighted by atomic mass is 10.1. The van der Waals surface area contributed by atoms with Crippen LogP contribution in [-0.4, -0.2) is 31.3 Å². The zero-order valence-corrected chi connectivity index (χ0v) is 14.9. The Labute approximate surface area is 147 Å². The Balaban J connectivity index is 1.69. The summed E-state index contributed by atoms with van der Waals surface area (Å²) in [5.74, 6) is 2.59. The van der Waals surface area contributed by atoms with Gasteiger partial charge in [0.05, 0.1) is 18.8 Å². The summed E-state index contributed by atoms with van der Waals surface area (Å²) in [6.45, 7) is 5.82. The van der Waals surface area contributed by atoms with Crippen LogP contribution in [0, 0.1) is 0 Å². The molecule has 0 spiro atoms. The molecule has 2 rings (SSSR count). The van der Waals surface area contributed by atoms with Crippen molar-refractivity contribution >= 4 is 17.6 Å². The van der Waals surface area contributed by atoms with Crippen LogP contribution in [0.25, 0.3) is 0 Å². The minimum absolute atomic E-state index is 0.352. The molecule has 0 unspecified atom stereocenters. The zero-order valence-electron chi connectivity index (χ0n) is 14.2. The third kappa shape index (κ3) is 5.77. The summed E-state index contributed by atoms with van der Waals surface area (Å²) < 4.78 is 10.9. The normalized spacial score (nSPS) is 11.6. The number of nitrogens with one attached hydrogen (secondary N) is 2. The van der Waals surface area contributed by atoms with Gasteiger partial charge in [-0.1, -0.05) is 30.6 Å². The Bertz CT molecular complexity index is 653. The maximum atomic E-state index is 5.83. The third-order valence-corrected chi connectivity index (χ3v) is 3.55. The van der Waals surface area contributed by atoms with Crippen LogP contribution in [0.4, 0.5) is 0 Å². The molecule has 0 atom stereocenters. The van der Waals surface area contributed by atoms with E-state index in [9.17, 15) is 0 Å². The van der Waals surface area contributed by atoms with Gasteiger partial charge in [-0.25, -0.2) is 0 Å². The van der Waals surface area contributed by atoms with Gasteiger partial charge in [0.2, 0.25) is 0 Å². The molecular formula is C17H23ClN4O2. The number of rotatable bonds is 7. The second-order valence-electron chi connectivity index (χ2n) is 5.53. The molecule has 1 aromatic carbocycles. The van der Waals surface area contributed by atoms with Crippen LogP contribution >= 0.6 is 11.6 Å². The van der Waals surface area contributed by atoms with Crippen LogP contribution in [0.2, 0.25) is 5.02 Å². The topological polar surface area (TPSA) is 71.7 Å². The first-order valence-corrected chi connectivity index (χ1v) is 8.24. The molecule has 0 saturated heterocycles. The Hall–Kier alpha value is -2.21. The minimum atomic E-state index is 0.352. The van der Waals surface area contributed by atoms with E-state index in [-0.39, 0.29) is 0 Å². The lowest BCUT2D eigenvalue weighted by Crippen LogP contribution is -2.38. The van der Waals surface area contributed by atoms with Crippen LogP contribution in [0.3, 0.4) is 0 Å². The standard InChI is InChI=1S/C17H23ClN4O2/c1-12(2)16-10-15(24-22-16)11-21-17(19-3)20-8-9-23-14-6-4-13(18)5-7-14/h4-7,10,12H,8-9,11H2,1-3H3,(H2,19,20,21). The van der Waals surface area contributed by atoms with Gasteiger partial charge >= 0.3 is 0 Å². The molecule has 6 nitrogen and oxygen atoms in total. The Morgan fingerprint density at radius 1 is 1.29 bits per heavy atom. The number of halogens is 1. The Morgan fingerprint density at radius 2 is 2.04 bits per heavy atom. The second-order valence-corrected chi connectivity index (χ2v) is 5.96. The van der Waals surface area contributed by atoms with Crippen molar-refractivity contribution in [3.63, 3.8) is 0 Å². The Kier molecular flexibility index (Phi) is 6.93. The van der Waals surface area contributed by atoms with E-state index in [1.165, 1.54) is 0 Å². The van der Waals surface area contributed by atoms with Gasteiger partial charge in [-0.2, -0.15) is 0 Å². The van der Waals surface area contributed by atoms with E-state index in [0.717, 1.165) is 17.2 Å². The predicted molar refractivity (Wildman–Crippen MR) is 95.7 cm³/mol. The predicted octanol–water partition coefficient (Wildman–Crippen LogP) is 3.20. The van der Waals surface area contributed by atoms with Gasteiger partial charge in [0.1, 0.15) is 12.4 Å². The van der Waals surface area contributed by atoms with E-state index in [4.69, 9.17) is 20.9 Å². The number of nitrogens with zero attached hydrogens (tertiary/aromatic N) is 2. The van der Waals surface area contributed by atoms with E-state index in [2.05, 4.69) is 34.6 Å². The highest BCUT2D eigenvalue weighted by atomic mass is 35.5. The summed E-state index contributed by atoms with van der Waals surface area (Å²) in [5, 5.41) is 11.1. The van der Waals surface area contributed by atoms with Crippen molar-refractivity contribution in [3.05, 3.63) is 46.8 Å². The van der Waals surface area contributed by atoms with Gasteiger partial charge in [-0.15, -0.1) is 0 Å². The third-order valence-electron chi connectivity index (χ3n) is 3.30. The number of ether oxygens (including phenoxy) is 1. The van der Waals surface area contributed by atoms with Crippen molar-refractivity contribution in [2.24, 2.45) is 4.99 Å². The molecule has 0 saturated carbocycles. The SMILES string of the molecule is CN=C(NCCOc1ccc(Cl)cc1)NCc1cc(C(C)C)no1. The van der Waals surface area contributed by atoms with Crippen molar-refractivity contribution in [1.82, 2.24) is 15.8 Å². The molecule has 0 amide bonds. The van der Waals surface area contributed by atoms with Crippen LogP contribution < -0.4 is 15.4 Å². The maximum absolute atomic E-state index is 5.83. The molecule has 0 fully saturated rings. The first-order valence-electron chi connectivity index (χ1n) is 7.87. The minimum Gasteiger partial charge on any atom is -0.492 e. The number of benzene rings is 1. The first-order chi connectivity index (χ1) is 11.6. The van der Waals surface area contributed by atoms with Crippen LogP contribution in [0.15, 0.2) is 39.8 Å². The number of aromatic nitrogens is 1. The van der Waals surface area contributed by atoms with Crippen molar-refractivity contribution in [2.75, 3.05) is 20.2 Å². The molecule has 24 heavy (non-hydrogen) atoms. The molecule has 1 heterocycles. The lowest BCUT2D eigenvalue weighted by molar-refractivity contribution is 0.321. The molecule has 0 aliphatic carbocycles. The van der Waals surface area contributed by atoms with Gasteiger partial charge < -0.3 is 19.9 Å². The number of guanidine groups is 1. The molecule has 2 aromatic rings. The molecule has 130 valence electrons. The molecular weight excluding hydrogens is 328 g/mol. The quantitative estimate of drug-likeness (QED) is 0.456.